The SMILES string of the molecule is Cc1ccc(C(=O)O)cc1C1=CCC2C(=C1)NC(=O)C2(C)C. The lowest BCUT2D eigenvalue weighted by Crippen LogP contribution is -2.28. The molecule has 2 N–H and O–H groups in total. The zero-order valence-electron chi connectivity index (χ0n) is 12.9. The number of carbonyl (C=O) groups is 2. The second-order valence-electron chi connectivity index (χ2n) is 6.56. The number of hydrogen-bond donors (Lipinski definition) is 2. The summed E-state index contributed by atoms with van der Waals surface area (Å²) in [5, 5.41) is 12.1. The highest BCUT2D eigenvalue weighted by atomic mass is 16.4. The number of carboxylic acids is 1. The Balaban J connectivity index is 2.01. The van der Waals surface area contributed by atoms with E-state index in [-0.39, 0.29) is 17.4 Å². The lowest BCUT2D eigenvalue weighted by atomic mass is 9.75. The van der Waals surface area contributed by atoms with Crippen molar-refractivity contribution >= 4 is 17.4 Å². The topological polar surface area (TPSA) is 66.4 Å². The highest BCUT2D eigenvalue weighted by Crippen LogP contribution is 2.44. The van der Waals surface area contributed by atoms with Gasteiger partial charge < -0.3 is 10.4 Å². The van der Waals surface area contributed by atoms with Crippen molar-refractivity contribution in [3.8, 4) is 0 Å². The van der Waals surface area contributed by atoms with E-state index in [1.165, 1.54) is 0 Å². The lowest BCUT2D eigenvalue weighted by molar-refractivity contribution is -0.127. The average molecular weight is 297 g/mol. The Kier molecular flexibility index (Phi) is 3.20. The highest BCUT2D eigenvalue weighted by molar-refractivity contribution is 5.92. The number of aromatic carboxylic acids is 1. The molecule has 0 bridgehead atoms. The van der Waals surface area contributed by atoms with Crippen LogP contribution in [0.3, 0.4) is 0 Å². The molecule has 1 amide bonds. The fourth-order valence-electron chi connectivity index (χ4n) is 3.21. The van der Waals surface area contributed by atoms with E-state index in [1.54, 1.807) is 12.1 Å². The van der Waals surface area contributed by atoms with Crippen LogP contribution in [-0.4, -0.2) is 17.0 Å². The first-order chi connectivity index (χ1) is 10.3. The van der Waals surface area contributed by atoms with Gasteiger partial charge in [0.25, 0.3) is 0 Å². The number of carboxylic acid groups (broad SMARTS) is 1. The number of aryl methyl sites for hydroxylation is 1. The smallest absolute Gasteiger partial charge is 0.335 e. The van der Waals surface area contributed by atoms with Crippen LogP contribution < -0.4 is 5.32 Å². The van der Waals surface area contributed by atoms with E-state index in [9.17, 15) is 9.59 Å². The van der Waals surface area contributed by atoms with Crippen LogP contribution in [0.2, 0.25) is 0 Å². The molecule has 4 nitrogen and oxygen atoms in total. The molecule has 3 rings (SSSR count). The van der Waals surface area contributed by atoms with Crippen LogP contribution in [0.4, 0.5) is 0 Å². The number of benzene rings is 1. The van der Waals surface area contributed by atoms with Gasteiger partial charge in [0.15, 0.2) is 0 Å². The number of allylic oxidation sites excluding steroid dienone is 4. The van der Waals surface area contributed by atoms with E-state index in [4.69, 9.17) is 5.11 Å². The predicted molar refractivity (Wildman–Crippen MR) is 84.2 cm³/mol. The number of fused-ring (bicyclic) bond motifs is 1. The Bertz CT molecular complexity index is 741. The van der Waals surface area contributed by atoms with Crippen molar-refractivity contribution in [2.45, 2.75) is 27.2 Å². The van der Waals surface area contributed by atoms with E-state index < -0.39 is 11.4 Å². The average Bonchev–Trinajstić information content (AvgIpc) is 2.69. The molecule has 0 aromatic heterocycles. The number of carbonyl (C=O) groups excluding carboxylic acids is 1. The molecule has 0 spiro atoms. The van der Waals surface area contributed by atoms with Gasteiger partial charge in [-0.3, -0.25) is 4.79 Å². The van der Waals surface area contributed by atoms with Gasteiger partial charge in [0.2, 0.25) is 5.91 Å². The Hall–Kier alpha value is -2.36. The summed E-state index contributed by atoms with van der Waals surface area (Å²) >= 11 is 0. The standard InChI is InChI=1S/C18H19NO3/c1-10-4-5-12(16(20)21)8-13(10)11-6-7-14-15(9-11)19-17(22)18(14,2)3/h4-6,8-9,14H,7H2,1-3H3,(H,19,22)(H,20,21). The van der Waals surface area contributed by atoms with Crippen molar-refractivity contribution in [2.75, 3.05) is 0 Å². The first-order valence-electron chi connectivity index (χ1n) is 7.38. The first-order valence-corrected chi connectivity index (χ1v) is 7.38. The van der Waals surface area contributed by atoms with Crippen molar-refractivity contribution in [2.24, 2.45) is 11.3 Å². The zero-order valence-corrected chi connectivity index (χ0v) is 12.9. The number of rotatable bonds is 2. The summed E-state index contributed by atoms with van der Waals surface area (Å²) in [4.78, 5) is 23.2. The molecule has 1 aromatic rings. The van der Waals surface area contributed by atoms with E-state index in [0.717, 1.165) is 28.8 Å². The lowest BCUT2D eigenvalue weighted by Gasteiger charge is -2.25. The van der Waals surface area contributed by atoms with Crippen LogP contribution in [0.25, 0.3) is 5.57 Å². The third kappa shape index (κ3) is 2.15. The van der Waals surface area contributed by atoms with Gasteiger partial charge in [-0.2, -0.15) is 0 Å². The van der Waals surface area contributed by atoms with Gasteiger partial charge in [-0.1, -0.05) is 26.0 Å². The second-order valence-corrected chi connectivity index (χ2v) is 6.56. The van der Waals surface area contributed by atoms with Crippen LogP contribution in [0.15, 0.2) is 36.0 Å². The maximum Gasteiger partial charge on any atom is 0.335 e. The second kappa shape index (κ2) is 4.83. The number of hydrogen-bond acceptors (Lipinski definition) is 2. The Morgan fingerprint density at radius 1 is 1.36 bits per heavy atom. The molecule has 1 fully saturated rings. The molecule has 0 radical (unpaired) electrons. The van der Waals surface area contributed by atoms with E-state index in [1.807, 2.05) is 32.9 Å². The number of nitrogens with one attached hydrogen (secondary N) is 1. The van der Waals surface area contributed by atoms with Gasteiger partial charge in [0.1, 0.15) is 0 Å². The Morgan fingerprint density at radius 2 is 2.09 bits per heavy atom. The molecule has 22 heavy (non-hydrogen) atoms. The van der Waals surface area contributed by atoms with Gasteiger partial charge in [-0.15, -0.1) is 0 Å². The van der Waals surface area contributed by atoms with Crippen LogP contribution >= 0.6 is 0 Å². The molecule has 1 saturated heterocycles. The summed E-state index contributed by atoms with van der Waals surface area (Å²) < 4.78 is 0. The summed E-state index contributed by atoms with van der Waals surface area (Å²) in [5.41, 5.74) is 3.72. The molecule has 2 aliphatic rings. The van der Waals surface area contributed by atoms with Crippen LogP contribution in [0, 0.1) is 18.3 Å². The van der Waals surface area contributed by atoms with E-state index in [0.29, 0.717) is 0 Å². The normalized spacial score (nSPS) is 22.5. The highest BCUT2D eigenvalue weighted by Gasteiger charge is 2.45. The molecular formula is C18H19NO3. The van der Waals surface area contributed by atoms with Crippen molar-refractivity contribution in [1.29, 1.82) is 0 Å². The van der Waals surface area contributed by atoms with Crippen LogP contribution in [0.5, 0.6) is 0 Å². The third-order valence-corrected chi connectivity index (χ3v) is 4.77. The molecule has 1 aliphatic carbocycles. The van der Waals surface area contributed by atoms with Crippen molar-refractivity contribution in [1.82, 2.24) is 5.32 Å². The van der Waals surface area contributed by atoms with Crippen LogP contribution in [-0.2, 0) is 4.79 Å². The predicted octanol–water partition coefficient (Wildman–Crippen LogP) is 3.14. The summed E-state index contributed by atoms with van der Waals surface area (Å²) in [6, 6.07) is 5.13. The quantitative estimate of drug-likeness (QED) is 0.881. The Morgan fingerprint density at radius 3 is 2.77 bits per heavy atom. The van der Waals surface area contributed by atoms with Gasteiger partial charge in [-0.05, 0) is 48.3 Å². The number of amides is 1. The molecule has 1 unspecified atom stereocenters. The maximum atomic E-state index is 12.1. The maximum absolute atomic E-state index is 12.1. The molecule has 1 atom stereocenters. The minimum Gasteiger partial charge on any atom is -0.478 e. The molecular weight excluding hydrogens is 278 g/mol. The minimum atomic E-state index is -0.932. The fraction of sp³-hybridized carbons (Fsp3) is 0.333. The molecule has 1 aromatic carbocycles. The van der Waals surface area contributed by atoms with Gasteiger partial charge in [-0.25, -0.2) is 4.79 Å². The summed E-state index contributed by atoms with van der Waals surface area (Å²) in [6.45, 7) is 5.88. The molecule has 4 heteroatoms. The van der Waals surface area contributed by atoms with Crippen molar-refractivity contribution in [3.63, 3.8) is 0 Å². The van der Waals surface area contributed by atoms with E-state index in [2.05, 4.69) is 11.4 Å². The molecule has 1 aliphatic heterocycles. The van der Waals surface area contributed by atoms with Gasteiger partial charge in [0.05, 0.1) is 11.0 Å². The summed E-state index contributed by atoms with van der Waals surface area (Å²) in [6.07, 6.45) is 4.86. The summed E-state index contributed by atoms with van der Waals surface area (Å²) in [7, 11) is 0. The fourth-order valence-corrected chi connectivity index (χ4v) is 3.21. The third-order valence-electron chi connectivity index (χ3n) is 4.77. The Labute approximate surface area is 129 Å². The van der Waals surface area contributed by atoms with Crippen molar-refractivity contribution in [3.05, 3.63) is 52.7 Å². The van der Waals surface area contributed by atoms with Crippen molar-refractivity contribution < 1.29 is 14.7 Å². The van der Waals surface area contributed by atoms with Gasteiger partial charge in [0, 0.05) is 11.6 Å². The molecule has 1 heterocycles. The van der Waals surface area contributed by atoms with Crippen LogP contribution in [0.1, 0.15) is 41.8 Å². The molecule has 114 valence electrons. The zero-order chi connectivity index (χ0) is 16.1. The van der Waals surface area contributed by atoms with Gasteiger partial charge >= 0.3 is 5.97 Å². The summed E-state index contributed by atoms with van der Waals surface area (Å²) in [5.74, 6) is -0.709. The molecule has 0 saturated carbocycles. The monoisotopic (exact) mass is 297 g/mol. The largest absolute Gasteiger partial charge is 0.478 e. The minimum absolute atomic E-state index is 0.0504. The van der Waals surface area contributed by atoms with E-state index >= 15 is 0 Å². The first kappa shape index (κ1) is 14.6.